The Kier molecular flexibility index (Phi) is 6.52. The maximum Gasteiger partial charge on any atom is 0.157 e. The molecule has 84 valence electrons. The van der Waals surface area contributed by atoms with E-state index < -0.39 is 0 Å². The molecule has 0 amide bonds. The largest absolute Gasteiger partial charge is 0.299 e. The van der Waals surface area contributed by atoms with Crippen LogP contribution in [0.2, 0.25) is 0 Å². The van der Waals surface area contributed by atoms with Gasteiger partial charge in [0.25, 0.3) is 0 Å². The summed E-state index contributed by atoms with van der Waals surface area (Å²) in [7, 11) is 0. The molecule has 5 heteroatoms. The van der Waals surface area contributed by atoms with Crippen LogP contribution in [-0.2, 0) is 14.4 Å². The fourth-order valence-electron chi connectivity index (χ4n) is 1.24. The zero-order valence-corrected chi connectivity index (χ0v) is 9.97. The minimum absolute atomic E-state index is 0. The van der Waals surface area contributed by atoms with E-state index >= 15 is 0 Å². The molecule has 0 aromatic heterocycles. The van der Waals surface area contributed by atoms with Gasteiger partial charge in [0.15, 0.2) is 5.78 Å². The Hall–Kier alpha value is -0.610. The van der Waals surface area contributed by atoms with Crippen LogP contribution in [0.4, 0.5) is 0 Å². The molecule has 0 atom stereocenters. The van der Waals surface area contributed by atoms with E-state index in [9.17, 15) is 14.4 Å². The molecule has 15 heavy (non-hydrogen) atoms. The predicted molar refractivity (Wildman–Crippen MR) is 62.4 cm³/mol. The number of halogens is 1. The van der Waals surface area contributed by atoms with Gasteiger partial charge in [-0.2, -0.15) is 13.5 Å². The van der Waals surface area contributed by atoms with Crippen molar-refractivity contribution < 1.29 is 14.4 Å². The Labute approximate surface area is 100 Å². The van der Waals surface area contributed by atoms with Crippen molar-refractivity contribution in [1.29, 1.82) is 0 Å². The average Bonchev–Trinajstić information content (AvgIpc) is 2.63. The molecule has 0 aromatic carbocycles. The monoisotopic (exact) mass is 248 g/mol. The van der Waals surface area contributed by atoms with E-state index in [4.69, 9.17) is 11.6 Å². The van der Waals surface area contributed by atoms with E-state index in [1.165, 1.54) is 6.08 Å². The molecule has 0 spiro atoms. The van der Waals surface area contributed by atoms with Gasteiger partial charge in [-0.25, -0.2) is 0 Å². The highest BCUT2D eigenvalue weighted by molar-refractivity contribution is 7.59. The molecule has 0 bridgehead atoms. The molecule has 0 heterocycles. The SMILES string of the molecule is O=C1C=C(Cl)CC1.O=C1CCC(=O)C1.S. The van der Waals surface area contributed by atoms with Crippen molar-refractivity contribution in [3.05, 3.63) is 11.1 Å². The van der Waals surface area contributed by atoms with Crippen LogP contribution in [0.15, 0.2) is 11.1 Å². The van der Waals surface area contributed by atoms with Crippen LogP contribution in [0.25, 0.3) is 0 Å². The molecule has 1 saturated carbocycles. The van der Waals surface area contributed by atoms with E-state index in [1.807, 2.05) is 0 Å². The van der Waals surface area contributed by atoms with Crippen molar-refractivity contribution in [1.82, 2.24) is 0 Å². The Morgan fingerprint density at radius 2 is 1.47 bits per heavy atom. The number of carbonyl (C=O) groups excluding carboxylic acids is 3. The molecule has 0 N–H and O–H groups in total. The molecule has 2 aliphatic rings. The van der Waals surface area contributed by atoms with Crippen molar-refractivity contribution in [2.45, 2.75) is 32.1 Å². The molecule has 3 nitrogen and oxygen atoms in total. The zero-order valence-electron chi connectivity index (χ0n) is 8.22. The third-order valence-electron chi connectivity index (χ3n) is 2.00. The lowest BCUT2D eigenvalue weighted by molar-refractivity contribution is -0.121. The van der Waals surface area contributed by atoms with Crippen molar-refractivity contribution in [2.75, 3.05) is 0 Å². The Morgan fingerprint density at radius 3 is 1.60 bits per heavy atom. The van der Waals surface area contributed by atoms with Gasteiger partial charge in [-0.3, -0.25) is 14.4 Å². The second kappa shape index (κ2) is 6.80. The van der Waals surface area contributed by atoms with E-state index in [1.54, 1.807) is 0 Å². The summed E-state index contributed by atoms with van der Waals surface area (Å²) < 4.78 is 0. The Bertz CT molecular complexity index is 296. The zero-order chi connectivity index (χ0) is 10.6. The van der Waals surface area contributed by atoms with Gasteiger partial charge < -0.3 is 0 Å². The number of Topliss-reactive ketones (excluding diaryl/α,β-unsaturated/α-hetero) is 2. The van der Waals surface area contributed by atoms with Gasteiger partial charge in [-0.15, -0.1) is 0 Å². The smallest absolute Gasteiger partial charge is 0.157 e. The van der Waals surface area contributed by atoms with E-state index in [-0.39, 0.29) is 37.3 Å². The second-order valence-electron chi connectivity index (χ2n) is 3.31. The normalized spacial score (nSPS) is 19.3. The molecule has 0 aromatic rings. The van der Waals surface area contributed by atoms with Crippen LogP contribution in [-0.4, -0.2) is 17.3 Å². The van der Waals surface area contributed by atoms with Crippen LogP contribution in [0.5, 0.6) is 0 Å². The van der Waals surface area contributed by atoms with Crippen molar-refractivity contribution in [3.63, 3.8) is 0 Å². The van der Waals surface area contributed by atoms with Crippen LogP contribution >= 0.6 is 25.1 Å². The number of allylic oxidation sites excluding steroid dienone is 2. The number of hydrogen-bond acceptors (Lipinski definition) is 3. The molecule has 2 rings (SSSR count). The van der Waals surface area contributed by atoms with Gasteiger partial charge in [0.05, 0.1) is 6.42 Å². The maximum absolute atomic E-state index is 10.3. The first kappa shape index (κ1) is 14.4. The van der Waals surface area contributed by atoms with Crippen molar-refractivity contribution >= 4 is 42.4 Å². The first-order valence-corrected chi connectivity index (χ1v) is 4.88. The summed E-state index contributed by atoms with van der Waals surface area (Å²) in [5, 5.41) is 0.699. The second-order valence-corrected chi connectivity index (χ2v) is 3.80. The third kappa shape index (κ3) is 5.74. The lowest BCUT2D eigenvalue weighted by Crippen LogP contribution is -1.88. The predicted octanol–water partition coefficient (Wildman–Crippen LogP) is 1.89. The lowest BCUT2D eigenvalue weighted by Gasteiger charge is -1.75. The topological polar surface area (TPSA) is 51.2 Å². The number of ketones is 3. The quantitative estimate of drug-likeness (QED) is 0.615. The van der Waals surface area contributed by atoms with Crippen molar-refractivity contribution in [2.24, 2.45) is 0 Å². The maximum atomic E-state index is 10.3. The highest BCUT2D eigenvalue weighted by Crippen LogP contribution is 2.17. The summed E-state index contributed by atoms with van der Waals surface area (Å²) >= 11 is 5.45. The summed E-state index contributed by atoms with van der Waals surface area (Å²) in [6.07, 6.45) is 4.01. The molecule has 2 aliphatic carbocycles. The number of carbonyl (C=O) groups is 3. The van der Waals surface area contributed by atoms with Gasteiger partial charge in [0, 0.05) is 24.3 Å². The minimum Gasteiger partial charge on any atom is -0.299 e. The lowest BCUT2D eigenvalue weighted by atomic mass is 10.3. The minimum atomic E-state index is 0. The molecule has 1 fully saturated rings. The number of hydrogen-bond donors (Lipinski definition) is 0. The fraction of sp³-hybridized carbons (Fsp3) is 0.500. The van der Waals surface area contributed by atoms with Gasteiger partial charge in [0.2, 0.25) is 0 Å². The Morgan fingerprint density at radius 1 is 0.933 bits per heavy atom. The molecular formula is C10H13ClO3S. The first-order chi connectivity index (χ1) is 6.58. The first-order valence-electron chi connectivity index (χ1n) is 4.50. The average molecular weight is 249 g/mol. The molecule has 0 unspecified atom stereocenters. The van der Waals surface area contributed by atoms with E-state index in [0.717, 1.165) is 6.42 Å². The molecule has 0 aliphatic heterocycles. The van der Waals surface area contributed by atoms with Gasteiger partial charge >= 0.3 is 0 Å². The van der Waals surface area contributed by atoms with Crippen LogP contribution in [0.1, 0.15) is 32.1 Å². The van der Waals surface area contributed by atoms with Crippen molar-refractivity contribution in [3.8, 4) is 0 Å². The Balaban J connectivity index is 0.000000245. The number of rotatable bonds is 0. The third-order valence-corrected chi connectivity index (χ3v) is 2.30. The van der Waals surface area contributed by atoms with Gasteiger partial charge in [-0.1, -0.05) is 11.6 Å². The standard InChI is InChI=1S/C5H5ClO.C5H6O2.H2S/c2*6-4-1-2-5(7)3-4;/h3H,1-2H2;1-3H2;1H2. The summed E-state index contributed by atoms with van der Waals surface area (Å²) in [4.78, 5) is 30.8. The van der Waals surface area contributed by atoms with Crippen LogP contribution < -0.4 is 0 Å². The summed E-state index contributed by atoms with van der Waals surface area (Å²) in [6.45, 7) is 0. The molecule has 0 radical (unpaired) electrons. The van der Waals surface area contributed by atoms with Gasteiger partial charge in [-0.05, 0) is 12.5 Å². The highest BCUT2D eigenvalue weighted by Gasteiger charge is 2.17. The van der Waals surface area contributed by atoms with Gasteiger partial charge in [0.1, 0.15) is 11.6 Å². The highest BCUT2D eigenvalue weighted by atomic mass is 35.5. The summed E-state index contributed by atoms with van der Waals surface area (Å²) in [6, 6.07) is 0. The van der Waals surface area contributed by atoms with Crippen LogP contribution in [0.3, 0.4) is 0 Å². The fourth-order valence-corrected chi connectivity index (χ4v) is 1.45. The summed E-state index contributed by atoms with van der Waals surface area (Å²) in [5.74, 6) is 0.361. The molecule has 0 saturated heterocycles. The summed E-state index contributed by atoms with van der Waals surface area (Å²) in [5.41, 5.74) is 0. The van der Waals surface area contributed by atoms with E-state index in [0.29, 0.717) is 24.3 Å². The van der Waals surface area contributed by atoms with Crippen LogP contribution in [0, 0.1) is 0 Å². The molecular weight excluding hydrogens is 236 g/mol. The van der Waals surface area contributed by atoms with E-state index in [2.05, 4.69) is 0 Å².